The first-order valence-electron chi connectivity index (χ1n) is 7.60. The van der Waals surface area contributed by atoms with Crippen LogP contribution in [0.5, 0.6) is 5.75 Å². The lowest BCUT2D eigenvalue weighted by Crippen LogP contribution is -2.36. The minimum atomic E-state index is 0.109. The molecule has 5 nitrogen and oxygen atoms in total. The zero-order valence-electron chi connectivity index (χ0n) is 13.5. The summed E-state index contributed by atoms with van der Waals surface area (Å²) in [6.07, 6.45) is 5.10. The number of hydrogen-bond donors (Lipinski definition) is 1. The van der Waals surface area contributed by atoms with Gasteiger partial charge in [0.1, 0.15) is 0 Å². The second kappa shape index (κ2) is 8.97. The number of aryl methyl sites for hydroxylation is 1. The summed E-state index contributed by atoms with van der Waals surface area (Å²) in [5.74, 6) is 0.821. The third kappa shape index (κ3) is 4.21. The highest BCUT2D eigenvalue weighted by Gasteiger charge is 2.28. The molecule has 0 bridgehead atoms. The Balaban J connectivity index is 3.04. The van der Waals surface area contributed by atoms with Gasteiger partial charge in [-0.25, -0.2) is 0 Å². The Morgan fingerprint density at radius 1 is 1.30 bits per heavy atom. The molecule has 0 amide bonds. The van der Waals surface area contributed by atoms with E-state index in [1.54, 1.807) is 13.3 Å². The summed E-state index contributed by atoms with van der Waals surface area (Å²) in [4.78, 5) is 0. The highest BCUT2D eigenvalue weighted by Crippen LogP contribution is 2.29. The normalized spacial score (nSPS) is 14.2. The largest absolute Gasteiger partial charge is 0.493 e. The molecule has 0 aromatic carbocycles. The van der Waals surface area contributed by atoms with Crippen LogP contribution in [-0.2, 0) is 11.8 Å². The predicted molar refractivity (Wildman–Crippen MR) is 81.1 cm³/mol. The van der Waals surface area contributed by atoms with Crippen molar-refractivity contribution in [1.82, 2.24) is 15.1 Å². The lowest BCUT2D eigenvalue weighted by molar-refractivity contribution is 0.0250. The monoisotopic (exact) mass is 283 g/mol. The van der Waals surface area contributed by atoms with Crippen LogP contribution in [0.2, 0.25) is 0 Å². The zero-order valence-corrected chi connectivity index (χ0v) is 13.5. The molecule has 1 heterocycles. The standard InChI is InChI=1S/C15H29N3O2/c1-6-9-12(20-8-3)14(16-10-7-2)15-13(19-5)11-17-18(15)4/h11-12,14,16H,6-10H2,1-5H3. The van der Waals surface area contributed by atoms with E-state index in [1.165, 1.54) is 0 Å². The fourth-order valence-electron chi connectivity index (χ4n) is 2.49. The number of nitrogens with zero attached hydrogens (tertiary/aromatic N) is 2. The van der Waals surface area contributed by atoms with Crippen LogP contribution in [0.15, 0.2) is 6.20 Å². The van der Waals surface area contributed by atoms with Crippen LogP contribution in [-0.4, -0.2) is 36.1 Å². The molecule has 0 aliphatic rings. The average molecular weight is 283 g/mol. The molecule has 2 unspecified atom stereocenters. The van der Waals surface area contributed by atoms with Crippen molar-refractivity contribution in [3.63, 3.8) is 0 Å². The Morgan fingerprint density at radius 2 is 2.05 bits per heavy atom. The van der Waals surface area contributed by atoms with Gasteiger partial charge in [0.05, 0.1) is 31.1 Å². The molecule has 5 heteroatoms. The van der Waals surface area contributed by atoms with Crippen molar-refractivity contribution in [2.45, 2.75) is 52.2 Å². The number of hydrogen-bond acceptors (Lipinski definition) is 4. The van der Waals surface area contributed by atoms with E-state index in [1.807, 2.05) is 18.7 Å². The van der Waals surface area contributed by atoms with Crippen LogP contribution < -0.4 is 10.1 Å². The number of nitrogens with one attached hydrogen (secondary N) is 1. The molecule has 20 heavy (non-hydrogen) atoms. The maximum atomic E-state index is 5.96. The van der Waals surface area contributed by atoms with Crippen molar-refractivity contribution in [2.75, 3.05) is 20.3 Å². The van der Waals surface area contributed by atoms with Crippen LogP contribution in [0.25, 0.3) is 0 Å². The SMILES string of the molecule is CCCNC(c1c(OC)cnn1C)C(CCC)OCC. The third-order valence-electron chi connectivity index (χ3n) is 3.40. The van der Waals surface area contributed by atoms with Gasteiger partial charge in [0.15, 0.2) is 5.75 Å². The van der Waals surface area contributed by atoms with Gasteiger partial charge in [0.25, 0.3) is 0 Å². The summed E-state index contributed by atoms with van der Waals surface area (Å²) in [5, 5.41) is 7.91. The van der Waals surface area contributed by atoms with Crippen molar-refractivity contribution in [3.8, 4) is 5.75 Å². The minimum Gasteiger partial charge on any atom is -0.493 e. The molecule has 1 aromatic rings. The second-order valence-corrected chi connectivity index (χ2v) is 4.94. The lowest BCUT2D eigenvalue weighted by atomic mass is 10.0. The van der Waals surface area contributed by atoms with Crippen LogP contribution in [0.3, 0.4) is 0 Å². The van der Waals surface area contributed by atoms with Gasteiger partial charge >= 0.3 is 0 Å². The summed E-state index contributed by atoms with van der Waals surface area (Å²) in [6.45, 7) is 8.06. The first-order chi connectivity index (χ1) is 9.69. The molecular formula is C15H29N3O2. The molecule has 1 N–H and O–H groups in total. The van der Waals surface area contributed by atoms with Gasteiger partial charge in [0, 0.05) is 13.7 Å². The van der Waals surface area contributed by atoms with Crippen molar-refractivity contribution in [3.05, 3.63) is 11.9 Å². The van der Waals surface area contributed by atoms with Crippen LogP contribution in [0.4, 0.5) is 0 Å². The Hall–Kier alpha value is -1.07. The highest BCUT2D eigenvalue weighted by atomic mass is 16.5. The van der Waals surface area contributed by atoms with Gasteiger partial charge in [-0.05, 0) is 26.3 Å². The van der Waals surface area contributed by atoms with E-state index in [0.29, 0.717) is 0 Å². The summed E-state index contributed by atoms with van der Waals surface area (Å²) in [7, 11) is 3.64. The van der Waals surface area contributed by atoms with Crippen molar-refractivity contribution in [2.24, 2.45) is 7.05 Å². The first-order valence-corrected chi connectivity index (χ1v) is 7.60. The maximum Gasteiger partial charge on any atom is 0.161 e. The molecule has 0 radical (unpaired) electrons. The fourth-order valence-corrected chi connectivity index (χ4v) is 2.49. The molecule has 0 aliphatic heterocycles. The minimum absolute atomic E-state index is 0.109. The highest BCUT2D eigenvalue weighted by molar-refractivity contribution is 5.29. The van der Waals surface area contributed by atoms with E-state index in [-0.39, 0.29) is 12.1 Å². The van der Waals surface area contributed by atoms with Crippen molar-refractivity contribution >= 4 is 0 Å². The van der Waals surface area contributed by atoms with Crippen LogP contribution in [0.1, 0.15) is 51.8 Å². The van der Waals surface area contributed by atoms with E-state index in [2.05, 4.69) is 24.3 Å². The Labute approximate surface area is 122 Å². The van der Waals surface area contributed by atoms with Gasteiger partial charge in [-0.15, -0.1) is 0 Å². The Bertz CT molecular complexity index is 373. The Kier molecular flexibility index (Phi) is 7.62. The maximum absolute atomic E-state index is 5.96. The second-order valence-electron chi connectivity index (χ2n) is 4.94. The number of methoxy groups -OCH3 is 1. The van der Waals surface area contributed by atoms with Gasteiger partial charge in [0.2, 0.25) is 0 Å². The number of aromatic nitrogens is 2. The summed E-state index contributed by atoms with van der Waals surface area (Å²) < 4.78 is 13.3. The van der Waals surface area contributed by atoms with Crippen LogP contribution in [0, 0.1) is 0 Å². The van der Waals surface area contributed by atoms with Gasteiger partial charge in [-0.1, -0.05) is 20.3 Å². The lowest BCUT2D eigenvalue weighted by Gasteiger charge is -2.28. The third-order valence-corrected chi connectivity index (χ3v) is 3.40. The topological polar surface area (TPSA) is 48.3 Å². The van der Waals surface area contributed by atoms with E-state index in [0.717, 1.165) is 43.9 Å². The molecule has 1 rings (SSSR count). The first kappa shape index (κ1) is 17.0. The van der Waals surface area contributed by atoms with Gasteiger partial charge in [-0.3, -0.25) is 4.68 Å². The van der Waals surface area contributed by atoms with E-state index < -0.39 is 0 Å². The zero-order chi connectivity index (χ0) is 15.0. The molecule has 0 fully saturated rings. The number of rotatable bonds is 10. The molecule has 0 aliphatic carbocycles. The molecule has 1 aromatic heterocycles. The van der Waals surface area contributed by atoms with E-state index in [4.69, 9.17) is 9.47 Å². The van der Waals surface area contributed by atoms with Crippen LogP contribution >= 0.6 is 0 Å². The summed E-state index contributed by atoms with van der Waals surface area (Å²) in [5.41, 5.74) is 1.06. The molecular weight excluding hydrogens is 254 g/mol. The summed E-state index contributed by atoms with van der Waals surface area (Å²) >= 11 is 0. The van der Waals surface area contributed by atoms with Gasteiger partial charge in [-0.2, -0.15) is 5.10 Å². The fraction of sp³-hybridized carbons (Fsp3) is 0.800. The Morgan fingerprint density at radius 3 is 2.60 bits per heavy atom. The number of ether oxygens (including phenoxy) is 2. The average Bonchev–Trinajstić information content (AvgIpc) is 2.81. The molecule has 116 valence electrons. The van der Waals surface area contributed by atoms with Crippen molar-refractivity contribution < 1.29 is 9.47 Å². The molecule has 0 saturated heterocycles. The predicted octanol–water partition coefficient (Wildman–Crippen LogP) is 2.67. The van der Waals surface area contributed by atoms with Crippen molar-refractivity contribution in [1.29, 1.82) is 0 Å². The summed E-state index contributed by atoms with van der Waals surface area (Å²) in [6, 6.07) is 0.109. The van der Waals surface area contributed by atoms with E-state index >= 15 is 0 Å². The quantitative estimate of drug-likeness (QED) is 0.717. The molecule has 0 spiro atoms. The van der Waals surface area contributed by atoms with E-state index in [9.17, 15) is 0 Å². The molecule has 2 atom stereocenters. The van der Waals surface area contributed by atoms with Gasteiger partial charge < -0.3 is 14.8 Å². The molecule has 0 saturated carbocycles. The smallest absolute Gasteiger partial charge is 0.161 e.